The summed E-state index contributed by atoms with van der Waals surface area (Å²) in [5, 5.41) is 2.94. The number of benzene rings is 1. The molecule has 1 saturated heterocycles. The van der Waals surface area contributed by atoms with Crippen LogP contribution in [0.1, 0.15) is 31.4 Å². The maximum atomic E-state index is 11.1. The fraction of sp³-hybridized carbons (Fsp3) is 0.500. The van der Waals surface area contributed by atoms with E-state index in [4.69, 9.17) is 0 Å². The predicted molar refractivity (Wildman–Crippen MR) is 68.7 cm³/mol. The van der Waals surface area contributed by atoms with E-state index in [9.17, 15) is 4.79 Å². The maximum absolute atomic E-state index is 11.1. The molecule has 3 heteroatoms. The normalized spacial score (nSPS) is 17.9. The van der Waals surface area contributed by atoms with Gasteiger partial charge in [0.15, 0.2) is 0 Å². The van der Waals surface area contributed by atoms with E-state index in [2.05, 4.69) is 34.5 Å². The van der Waals surface area contributed by atoms with Crippen molar-refractivity contribution in [1.29, 1.82) is 0 Å². The van der Waals surface area contributed by atoms with Gasteiger partial charge in [-0.25, -0.2) is 0 Å². The molecular weight excluding hydrogens is 212 g/mol. The summed E-state index contributed by atoms with van der Waals surface area (Å²) in [6.45, 7) is 4.56. The third kappa shape index (κ3) is 3.30. The Kier molecular flexibility index (Phi) is 4.15. The molecule has 0 aromatic heterocycles. The molecular formula is C14H20N2O. The summed E-state index contributed by atoms with van der Waals surface area (Å²) in [5.74, 6) is 0.0464. The lowest BCUT2D eigenvalue weighted by Gasteiger charge is -2.28. The van der Waals surface area contributed by atoms with E-state index >= 15 is 0 Å². The van der Waals surface area contributed by atoms with Crippen LogP contribution < -0.4 is 5.32 Å². The molecule has 0 bridgehead atoms. The van der Waals surface area contributed by atoms with Crippen molar-refractivity contribution in [3.8, 4) is 0 Å². The van der Waals surface area contributed by atoms with Crippen LogP contribution in [0.4, 0.5) is 0 Å². The van der Waals surface area contributed by atoms with Gasteiger partial charge in [-0.3, -0.25) is 9.69 Å². The zero-order valence-electron chi connectivity index (χ0n) is 10.4. The van der Waals surface area contributed by atoms with Gasteiger partial charge in [-0.1, -0.05) is 30.3 Å². The summed E-state index contributed by atoms with van der Waals surface area (Å²) < 4.78 is 0. The lowest BCUT2D eigenvalue weighted by Crippen LogP contribution is -2.35. The van der Waals surface area contributed by atoms with Gasteiger partial charge in [0.05, 0.1) is 6.04 Å². The largest absolute Gasteiger partial charge is 0.354 e. The van der Waals surface area contributed by atoms with Gasteiger partial charge in [-0.15, -0.1) is 0 Å². The Morgan fingerprint density at radius 2 is 1.94 bits per heavy atom. The third-order valence-corrected chi connectivity index (χ3v) is 3.31. The van der Waals surface area contributed by atoms with E-state index in [1.807, 2.05) is 6.07 Å². The summed E-state index contributed by atoms with van der Waals surface area (Å²) in [6.07, 6.45) is 2.53. The number of likely N-dealkylation sites (tertiary alicyclic amines) is 1. The Morgan fingerprint density at radius 3 is 2.53 bits per heavy atom. The first kappa shape index (κ1) is 12.1. The molecule has 0 radical (unpaired) electrons. The van der Waals surface area contributed by atoms with Gasteiger partial charge >= 0.3 is 0 Å². The summed E-state index contributed by atoms with van der Waals surface area (Å²) in [6, 6.07) is 10.8. The number of nitrogens with one attached hydrogen (secondary N) is 1. The topological polar surface area (TPSA) is 32.3 Å². The summed E-state index contributed by atoms with van der Waals surface area (Å²) in [4.78, 5) is 13.5. The van der Waals surface area contributed by atoms with E-state index in [1.54, 1.807) is 6.92 Å². The third-order valence-electron chi connectivity index (χ3n) is 3.31. The van der Waals surface area contributed by atoms with Crippen LogP contribution in [-0.2, 0) is 4.79 Å². The van der Waals surface area contributed by atoms with Crippen molar-refractivity contribution in [2.24, 2.45) is 0 Å². The molecule has 3 nitrogen and oxygen atoms in total. The molecule has 1 aromatic rings. The summed E-state index contributed by atoms with van der Waals surface area (Å²) in [7, 11) is 0. The molecule has 1 fully saturated rings. The van der Waals surface area contributed by atoms with Gasteiger partial charge in [-0.05, 0) is 31.5 Å². The molecule has 1 N–H and O–H groups in total. The van der Waals surface area contributed by atoms with E-state index in [0.29, 0.717) is 12.6 Å². The maximum Gasteiger partial charge on any atom is 0.216 e. The molecule has 1 aromatic carbocycles. The van der Waals surface area contributed by atoms with Gasteiger partial charge < -0.3 is 5.32 Å². The van der Waals surface area contributed by atoms with Gasteiger partial charge in [-0.2, -0.15) is 0 Å². The molecule has 2 rings (SSSR count). The first-order valence-corrected chi connectivity index (χ1v) is 6.31. The van der Waals surface area contributed by atoms with Crippen LogP contribution in [0.15, 0.2) is 30.3 Å². The van der Waals surface area contributed by atoms with E-state index in [1.165, 1.54) is 18.4 Å². The molecule has 1 heterocycles. The molecule has 17 heavy (non-hydrogen) atoms. The van der Waals surface area contributed by atoms with Crippen molar-refractivity contribution in [3.63, 3.8) is 0 Å². The lowest BCUT2D eigenvalue weighted by atomic mass is 10.1. The van der Waals surface area contributed by atoms with Gasteiger partial charge in [0.1, 0.15) is 0 Å². The molecule has 92 valence electrons. The second kappa shape index (κ2) is 5.82. The fourth-order valence-corrected chi connectivity index (χ4v) is 2.43. The fourth-order valence-electron chi connectivity index (χ4n) is 2.43. The highest BCUT2D eigenvalue weighted by Gasteiger charge is 2.23. The number of hydrogen-bond acceptors (Lipinski definition) is 2. The Labute approximate surface area is 103 Å². The minimum atomic E-state index is 0.0464. The standard InChI is InChI=1S/C14H20N2O/c1-12(17)15-11-14(16-9-5-6-10-16)13-7-3-2-4-8-13/h2-4,7-8,14H,5-6,9-11H2,1H3,(H,15,17). The Balaban J connectivity index is 2.08. The number of carbonyl (C=O) groups excluding carboxylic acids is 1. The van der Waals surface area contributed by atoms with Crippen LogP contribution in [0, 0.1) is 0 Å². The van der Waals surface area contributed by atoms with Gasteiger partial charge in [0, 0.05) is 13.5 Å². The molecule has 0 aliphatic carbocycles. The number of hydrogen-bond donors (Lipinski definition) is 1. The molecule has 1 atom stereocenters. The van der Waals surface area contributed by atoms with E-state index in [0.717, 1.165) is 13.1 Å². The highest BCUT2D eigenvalue weighted by atomic mass is 16.1. The van der Waals surface area contributed by atoms with Crippen LogP contribution in [0.3, 0.4) is 0 Å². The highest BCUT2D eigenvalue weighted by Crippen LogP contribution is 2.24. The predicted octanol–water partition coefficient (Wildman–Crippen LogP) is 1.96. The zero-order chi connectivity index (χ0) is 12.1. The number of amides is 1. The summed E-state index contributed by atoms with van der Waals surface area (Å²) in [5.41, 5.74) is 1.29. The zero-order valence-corrected chi connectivity index (χ0v) is 10.4. The molecule has 1 aliphatic heterocycles. The molecule has 1 unspecified atom stereocenters. The number of nitrogens with zero attached hydrogens (tertiary/aromatic N) is 1. The molecule has 1 amide bonds. The average molecular weight is 232 g/mol. The first-order chi connectivity index (χ1) is 8.27. The SMILES string of the molecule is CC(=O)NCC(c1ccccc1)N1CCCC1. The first-order valence-electron chi connectivity index (χ1n) is 6.31. The average Bonchev–Trinajstić information content (AvgIpc) is 2.84. The van der Waals surface area contributed by atoms with Crippen LogP contribution in [-0.4, -0.2) is 30.4 Å². The smallest absolute Gasteiger partial charge is 0.216 e. The van der Waals surface area contributed by atoms with Crippen molar-refractivity contribution >= 4 is 5.91 Å². The van der Waals surface area contributed by atoms with E-state index in [-0.39, 0.29) is 5.91 Å². The Morgan fingerprint density at radius 1 is 1.29 bits per heavy atom. The van der Waals surface area contributed by atoms with Crippen molar-refractivity contribution in [2.75, 3.05) is 19.6 Å². The van der Waals surface area contributed by atoms with Crippen molar-refractivity contribution < 1.29 is 4.79 Å². The number of carbonyl (C=O) groups is 1. The minimum Gasteiger partial charge on any atom is -0.354 e. The minimum absolute atomic E-state index is 0.0464. The van der Waals surface area contributed by atoms with Crippen molar-refractivity contribution in [1.82, 2.24) is 10.2 Å². The molecule has 1 aliphatic rings. The second-order valence-electron chi connectivity index (χ2n) is 4.61. The van der Waals surface area contributed by atoms with Crippen molar-refractivity contribution in [3.05, 3.63) is 35.9 Å². The second-order valence-corrected chi connectivity index (χ2v) is 4.61. The monoisotopic (exact) mass is 232 g/mol. The van der Waals surface area contributed by atoms with Crippen molar-refractivity contribution in [2.45, 2.75) is 25.8 Å². The Bertz CT molecular complexity index is 358. The number of rotatable bonds is 4. The Hall–Kier alpha value is -1.35. The lowest BCUT2D eigenvalue weighted by molar-refractivity contribution is -0.119. The van der Waals surface area contributed by atoms with Crippen LogP contribution in [0.2, 0.25) is 0 Å². The van der Waals surface area contributed by atoms with Crippen LogP contribution >= 0.6 is 0 Å². The highest BCUT2D eigenvalue weighted by molar-refractivity contribution is 5.72. The van der Waals surface area contributed by atoms with Crippen LogP contribution in [0.25, 0.3) is 0 Å². The van der Waals surface area contributed by atoms with Crippen LogP contribution in [0.5, 0.6) is 0 Å². The van der Waals surface area contributed by atoms with Gasteiger partial charge in [0.25, 0.3) is 0 Å². The summed E-state index contributed by atoms with van der Waals surface area (Å²) >= 11 is 0. The molecule has 0 saturated carbocycles. The van der Waals surface area contributed by atoms with E-state index < -0.39 is 0 Å². The van der Waals surface area contributed by atoms with Gasteiger partial charge in [0.2, 0.25) is 5.91 Å². The quantitative estimate of drug-likeness (QED) is 0.860. The molecule has 0 spiro atoms.